The number of imide groups is 1. The number of urea groups is 1. The van der Waals surface area contributed by atoms with Crippen LogP contribution < -0.4 is 10.6 Å². The molecule has 0 aliphatic heterocycles. The Morgan fingerprint density at radius 1 is 1.22 bits per heavy atom. The molecule has 0 unspecified atom stereocenters. The average Bonchev–Trinajstić information content (AvgIpc) is 2.59. The Morgan fingerprint density at radius 2 is 1.89 bits per heavy atom. The Hall–Kier alpha value is -2.53. The summed E-state index contributed by atoms with van der Waals surface area (Å²) in [5.41, 5.74) is -0.641. The van der Waals surface area contributed by atoms with E-state index in [1.54, 1.807) is 0 Å². The van der Waals surface area contributed by atoms with Crippen LogP contribution in [0, 0.1) is 5.82 Å². The molecule has 0 bridgehead atoms. The zero-order valence-electron chi connectivity index (χ0n) is 15.2. The molecule has 27 heavy (non-hydrogen) atoms. The van der Waals surface area contributed by atoms with Crippen LogP contribution in [0.2, 0.25) is 0 Å². The molecule has 0 aliphatic carbocycles. The number of carbonyl (C=O) groups is 3. The fourth-order valence-corrected chi connectivity index (χ4v) is 2.75. The molecule has 1 aromatic carbocycles. The van der Waals surface area contributed by atoms with Crippen molar-refractivity contribution in [1.82, 2.24) is 14.9 Å². The van der Waals surface area contributed by atoms with E-state index < -0.39 is 45.9 Å². The minimum absolute atomic E-state index is 0.305. The second-order valence-electron chi connectivity index (χ2n) is 5.66. The standard InChI is InChI=1S/C16H22FN3O6S/c1-4-5-8-18-16(23)19-14(21)10-26-15(22)12-9-11(6-7-13(12)17)27(24,25)20(2)3/h6-7,9H,4-5,8,10H2,1-3H3,(H2,18,19,21,23). The van der Waals surface area contributed by atoms with Crippen LogP contribution >= 0.6 is 0 Å². The van der Waals surface area contributed by atoms with Crippen LogP contribution in [0.3, 0.4) is 0 Å². The number of nitrogens with one attached hydrogen (secondary N) is 2. The second kappa shape index (κ2) is 9.97. The van der Waals surface area contributed by atoms with E-state index in [-0.39, 0.29) is 4.90 Å². The van der Waals surface area contributed by atoms with Gasteiger partial charge in [0.2, 0.25) is 10.0 Å². The summed E-state index contributed by atoms with van der Waals surface area (Å²) in [5.74, 6) is -3.14. The van der Waals surface area contributed by atoms with E-state index in [0.29, 0.717) is 6.54 Å². The van der Waals surface area contributed by atoms with E-state index in [9.17, 15) is 27.2 Å². The SMILES string of the molecule is CCCCNC(=O)NC(=O)COC(=O)c1cc(S(=O)(=O)N(C)C)ccc1F. The molecule has 11 heteroatoms. The summed E-state index contributed by atoms with van der Waals surface area (Å²) >= 11 is 0. The van der Waals surface area contributed by atoms with Gasteiger partial charge in [0.25, 0.3) is 5.91 Å². The third-order valence-corrected chi connectivity index (χ3v) is 5.15. The van der Waals surface area contributed by atoms with Crippen molar-refractivity contribution in [1.29, 1.82) is 0 Å². The summed E-state index contributed by atoms with van der Waals surface area (Å²) in [6.45, 7) is 1.49. The van der Waals surface area contributed by atoms with Crippen LogP contribution in [0.1, 0.15) is 30.1 Å². The van der Waals surface area contributed by atoms with E-state index in [4.69, 9.17) is 0 Å². The van der Waals surface area contributed by atoms with E-state index in [1.165, 1.54) is 14.1 Å². The first-order chi connectivity index (χ1) is 12.6. The molecular weight excluding hydrogens is 381 g/mol. The third kappa shape index (κ3) is 6.61. The van der Waals surface area contributed by atoms with E-state index in [1.807, 2.05) is 12.2 Å². The highest BCUT2D eigenvalue weighted by atomic mass is 32.2. The van der Waals surface area contributed by atoms with Crippen LogP contribution in [-0.4, -0.2) is 57.9 Å². The lowest BCUT2D eigenvalue weighted by atomic mass is 10.2. The number of amides is 3. The maximum absolute atomic E-state index is 13.8. The van der Waals surface area contributed by atoms with Crippen LogP contribution in [0.15, 0.2) is 23.1 Å². The van der Waals surface area contributed by atoms with E-state index >= 15 is 0 Å². The number of benzene rings is 1. The Kier molecular flexibility index (Phi) is 8.32. The Balaban J connectivity index is 2.72. The lowest BCUT2D eigenvalue weighted by Crippen LogP contribution is -2.41. The fraction of sp³-hybridized carbons (Fsp3) is 0.438. The van der Waals surface area contributed by atoms with Crippen LogP contribution in [-0.2, 0) is 19.6 Å². The predicted octanol–water partition coefficient (Wildman–Crippen LogP) is 0.859. The van der Waals surface area contributed by atoms with Gasteiger partial charge in [0.05, 0.1) is 10.5 Å². The van der Waals surface area contributed by atoms with Crippen molar-refractivity contribution in [2.45, 2.75) is 24.7 Å². The Morgan fingerprint density at radius 3 is 2.48 bits per heavy atom. The highest BCUT2D eigenvalue weighted by molar-refractivity contribution is 7.89. The Bertz CT molecular complexity index is 810. The fourth-order valence-electron chi connectivity index (χ4n) is 1.83. The van der Waals surface area contributed by atoms with Crippen LogP contribution in [0.25, 0.3) is 0 Å². The number of ether oxygens (including phenoxy) is 1. The molecule has 0 radical (unpaired) electrons. The molecule has 0 saturated heterocycles. The molecule has 0 fully saturated rings. The molecule has 0 atom stereocenters. The number of halogens is 1. The predicted molar refractivity (Wildman–Crippen MR) is 94.0 cm³/mol. The summed E-state index contributed by atoms with van der Waals surface area (Å²) in [6, 6.07) is 1.90. The normalized spacial score (nSPS) is 11.1. The van der Waals surface area contributed by atoms with Gasteiger partial charge in [-0.05, 0) is 24.6 Å². The smallest absolute Gasteiger partial charge is 0.341 e. The third-order valence-electron chi connectivity index (χ3n) is 3.34. The Labute approximate surface area is 156 Å². The number of carbonyl (C=O) groups excluding carboxylic acids is 3. The summed E-state index contributed by atoms with van der Waals surface area (Å²) in [5, 5.41) is 4.38. The van der Waals surface area contributed by atoms with Gasteiger partial charge in [-0.2, -0.15) is 0 Å². The molecule has 0 aromatic heterocycles. The van der Waals surface area contributed by atoms with Gasteiger partial charge >= 0.3 is 12.0 Å². The summed E-state index contributed by atoms with van der Waals surface area (Å²) < 4.78 is 43.5. The molecule has 9 nitrogen and oxygen atoms in total. The van der Waals surface area contributed by atoms with Gasteiger partial charge in [-0.15, -0.1) is 0 Å². The minimum Gasteiger partial charge on any atom is -0.452 e. The first kappa shape index (κ1) is 22.5. The molecule has 0 saturated carbocycles. The number of hydrogen-bond donors (Lipinski definition) is 2. The van der Waals surface area contributed by atoms with Crippen molar-refractivity contribution in [3.8, 4) is 0 Å². The number of unbranched alkanes of at least 4 members (excludes halogenated alkanes) is 1. The van der Waals surface area contributed by atoms with Gasteiger partial charge < -0.3 is 10.1 Å². The maximum atomic E-state index is 13.8. The molecule has 1 aromatic rings. The molecular formula is C16H22FN3O6S. The van der Waals surface area contributed by atoms with Crippen LogP contribution in [0.4, 0.5) is 9.18 Å². The van der Waals surface area contributed by atoms with Gasteiger partial charge in [0.1, 0.15) is 5.82 Å². The van der Waals surface area contributed by atoms with Crippen molar-refractivity contribution < 1.29 is 31.9 Å². The number of nitrogens with zero attached hydrogens (tertiary/aromatic N) is 1. The van der Waals surface area contributed by atoms with Gasteiger partial charge in [0, 0.05) is 20.6 Å². The molecule has 1 rings (SSSR count). The van der Waals surface area contributed by atoms with Crippen molar-refractivity contribution in [2.75, 3.05) is 27.2 Å². The first-order valence-electron chi connectivity index (χ1n) is 8.06. The molecule has 2 N–H and O–H groups in total. The van der Waals surface area contributed by atoms with E-state index in [0.717, 1.165) is 35.3 Å². The monoisotopic (exact) mass is 403 g/mol. The summed E-state index contributed by atoms with van der Waals surface area (Å²) in [4.78, 5) is 34.6. The number of rotatable bonds is 8. The summed E-state index contributed by atoms with van der Waals surface area (Å²) in [6.07, 6.45) is 1.60. The van der Waals surface area contributed by atoms with E-state index in [2.05, 4.69) is 10.1 Å². The minimum atomic E-state index is -3.88. The zero-order valence-corrected chi connectivity index (χ0v) is 16.1. The van der Waals surface area contributed by atoms with Gasteiger partial charge in [-0.25, -0.2) is 26.7 Å². The molecule has 150 valence electrons. The number of sulfonamides is 1. The van der Waals surface area contributed by atoms with Crippen molar-refractivity contribution >= 4 is 27.9 Å². The second-order valence-corrected chi connectivity index (χ2v) is 7.81. The van der Waals surface area contributed by atoms with Crippen LogP contribution in [0.5, 0.6) is 0 Å². The molecule has 3 amide bonds. The highest BCUT2D eigenvalue weighted by Gasteiger charge is 2.22. The largest absolute Gasteiger partial charge is 0.452 e. The molecule has 0 spiro atoms. The quantitative estimate of drug-likeness (QED) is 0.490. The average molecular weight is 403 g/mol. The van der Waals surface area contributed by atoms with Gasteiger partial charge in [-0.1, -0.05) is 13.3 Å². The zero-order chi connectivity index (χ0) is 20.6. The van der Waals surface area contributed by atoms with Crippen molar-refractivity contribution in [3.63, 3.8) is 0 Å². The van der Waals surface area contributed by atoms with Crippen molar-refractivity contribution in [3.05, 3.63) is 29.6 Å². The van der Waals surface area contributed by atoms with Gasteiger partial charge in [0.15, 0.2) is 6.61 Å². The van der Waals surface area contributed by atoms with Gasteiger partial charge in [-0.3, -0.25) is 10.1 Å². The lowest BCUT2D eigenvalue weighted by Gasteiger charge is -2.12. The number of hydrogen-bond acceptors (Lipinski definition) is 6. The maximum Gasteiger partial charge on any atom is 0.341 e. The molecule has 0 aliphatic rings. The molecule has 0 heterocycles. The topological polar surface area (TPSA) is 122 Å². The summed E-state index contributed by atoms with van der Waals surface area (Å²) in [7, 11) is -1.31. The first-order valence-corrected chi connectivity index (χ1v) is 9.50. The lowest BCUT2D eigenvalue weighted by molar-refractivity contribution is -0.123. The highest BCUT2D eigenvalue weighted by Crippen LogP contribution is 2.18. The number of esters is 1. The van der Waals surface area contributed by atoms with Crippen molar-refractivity contribution in [2.24, 2.45) is 0 Å².